The van der Waals surface area contributed by atoms with E-state index in [1.807, 2.05) is 38.1 Å². The van der Waals surface area contributed by atoms with Crippen molar-refractivity contribution in [2.24, 2.45) is 0 Å². The lowest BCUT2D eigenvalue weighted by molar-refractivity contribution is 0.0923. The fraction of sp³-hybridized carbons (Fsp3) is 0.0667. The third kappa shape index (κ3) is 3.99. The Hall–Kier alpha value is -4.84. The molecule has 176 valence electrons. The first-order valence-electron chi connectivity index (χ1n) is 11.5. The van der Waals surface area contributed by atoms with E-state index in [0.717, 1.165) is 16.0 Å². The Morgan fingerprint density at radius 1 is 0.667 bits per heavy atom. The molecule has 0 fully saturated rings. The first-order chi connectivity index (χ1) is 17.3. The molecule has 0 bridgehead atoms. The van der Waals surface area contributed by atoms with Gasteiger partial charge in [-0.25, -0.2) is 4.90 Å². The van der Waals surface area contributed by atoms with Gasteiger partial charge in [-0.2, -0.15) is 0 Å². The molecule has 1 N–H and O–H groups in total. The molecule has 1 aliphatic rings. The van der Waals surface area contributed by atoms with Gasteiger partial charge in [0, 0.05) is 22.4 Å². The predicted octanol–water partition coefficient (Wildman–Crippen LogP) is 5.59. The van der Waals surface area contributed by atoms with E-state index >= 15 is 0 Å². The van der Waals surface area contributed by atoms with E-state index < -0.39 is 11.8 Å². The zero-order valence-electron chi connectivity index (χ0n) is 19.7. The van der Waals surface area contributed by atoms with Gasteiger partial charge in [0.15, 0.2) is 5.78 Å². The van der Waals surface area contributed by atoms with Crippen LogP contribution < -0.4 is 10.2 Å². The first-order valence-corrected chi connectivity index (χ1v) is 11.5. The van der Waals surface area contributed by atoms with E-state index in [4.69, 9.17) is 0 Å². The van der Waals surface area contributed by atoms with Crippen molar-refractivity contribution in [3.8, 4) is 0 Å². The highest BCUT2D eigenvalue weighted by molar-refractivity contribution is 6.35. The highest BCUT2D eigenvalue weighted by Crippen LogP contribution is 2.30. The molecule has 4 aromatic carbocycles. The van der Waals surface area contributed by atoms with Crippen LogP contribution in [0.2, 0.25) is 0 Å². The number of hydrogen-bond acceptors (Lipinski definition) is 4. The average Bonchev–Trinajstić information content (AvgIpc) is 3.16. The standard InChI is InChI=1S/C30H22N2O4/c1-18-8-6-13-26(19(18)2)31-28(34)22-14-15-24-25(17-22)30(36)32(29(24)35)23-12-7-11-21(16-23)27(33)20-9-4-3-5-10-20/h3-17H,1-2H3,(H,31,34). The maximum Gasteiger partial charge on any atom is 0.266 e. The van der Waals surface area contributed by atoms with Gasteiger partial charge in [0.1, 0.15) is 0 Å². The quantitative estimate of drug-likeness (QED) is 0.302. The van der Waals surface area contributed by atoms with E-state index in [9.17, 15) is 19.2 Å². The molecule has 0 saturated carbocycles. The van der Waals surface area contributed by atoms with Crippen LogP contribution in [0.5, 0.6) is 0 Å². The summed E-state index contributed by atoms with van der Waals surface area (Å²) in [7, 11) is 0. The summed E-state index contributed by atoms with van der Waals surface area (Å²) in [5.41, 5.74) is 4.48. The van der Waals surface area contributed by atoms with Gasteiger partial charge in [-0.15, -0.1) is 0 Å². The molecule has 6 nitrogen and oxygen atoms in total. The minimum Gasteiger partial charge on any atom is -0.322 e. The summed E-state index contributed by atoms with van der Waals surface area (Å²) < 4.78 is 0. The number of benzene rings is 4. The third-order valence-electron chi connectivity index (χ3n) is 6.40. The molecule has 0 spiro atoms. The minimum atomic E-state index is -0.541. The molecule has 0 aromatic heterocycles. The van der Waals surface area contributed by atoms with E-state index in [2.05, 4.69) is 5.32 Å². The lowest BCUT2D eigenvalue weighted by Gasteiger charge is -2.15. The summed E-state index contributed by atoms with van der Waals surface area (Å²) in [6.45, 7) is 3.88. The SMILES string of the molecule is Cc1cccc(NC(=O)c2ccc3c(c2)C(=O)N(c2cccc(C(=O)c4ccccc4)c2)C3=O)c1C. The second kappa shape index (κ2) is 9.07. The average molecular weight is 475 g/mol. The van der Waals surface area contributed by atoms with Crippen LogP contribution in [-0.4, -0.2) is 23.5 Å². The summed E-state index contributed by atoms with van der Waals surface area (Å²) in [5, 5.41) is 2.88. The number of hydrogen-bond donors (Lipinski definition) is 1. The number of aryl methyl sites for hydroxylation is 1. The monoisotopic (exact) mass is 474 g/mol. The molecule has 5 rings (SSSR count). The number of nitrogens with one attached hydrogen (secondary N) is 1. The zero-order chi connectivity index (χ0) is 25.4. The minimum absolute atomic E-state index is 0.147. The van der Waals surface area contributed by atoms with Crippen molar-refractivity contribution < 1.29 is 19.2 Å². The van der Waals surface area contributed by atoms with Gasteiger partial charge in [0.2, 0.25) is 0 Å². The number of nitrogens with zero attached hydrogens (tertiary/aromatic N) is 1. The molecule has 0 atom stereocenters. The van der Waals surface area contributed by atoms with Crippen LogP contribution >= 0.6 is 0 Å². The predicted molar refractivity (Wildman–Crippen MR) is 138 cm³/mol. The highest BCUT2D eigenvalue weighted by atomic mass is 16.2. The van der Waals surface area contributed by atoms with Crippen molar-refractivity contribution in [2.75, 3.05) is 10.2 Å². The Labute approximate surface area is 208 Å². The molecule has 0 unspecified atom stereocenters. The second-order valence-electron chi connectivity index (χ2n) is 8.65. The first kappa shape index (κ1) is 22.9. The molecule has 1 aliphatic heterocycles. The molecule has 0 aliphatic carbocycles. The molecular weight excluding hydrogens is 452 g/mol. The Morgan fingerprint density at radius 2 is 1.36 bits per heavy atom. The maximum absolute atomic E-state index is 13.3. The number of carbonyl (C=O) groups is 4. The molecule has 36 heavy (non-hydrogen) atoms. The van der Waals surface area contributed by atoms with Crippen LogP contribution in [0.15, 0.2) is 91.0 Å². The summed E-state index contributed by atoms with van der Waals surface area (Å²) >= 11 is 0. The summed E-state index contributed by atoms with van der Waals surface area (Å²) in [4.78, 5) is 53.2. The van der Waals surface area contributed by atoms with E-state index in [1.54, 1.807) is 42.5 Å². The van der Waals surface area contributed by atoms with Crippen LogP contribution in [-0.2, 0) is 0 Å². The van der Waals surface area contributed by atoms with E-state index in [-0.39, 0.29) is 28.4 Å². The summed E-state index contributed by atoms with van der Waals surface area (Å²) in [5.74, 6) is -1.62. The maximum atomic E-state index is 13.3. The van der Waals surface area contributed by atoms with Crippen molar-refractivity contribution in [3.63, 3.8) is 0 Å². The van der Waals surface area contributed by atoms with Crippen LogP contribution in [0.3, 0.4) is 0 Å². The van der Waals surface area contributed by atoms with Crippen LogP contribution in [0.25, 0.3) is 0 Å². The third-order valence-corrected chi connectivity index (χ3v) is 6.40. The van der Waals surface area contributed by atoms with Gasteiger partial charge < -0.3 is 5.32 Å². The molecular formula is C30H22N2O4. The van der Waals surface area contributed by atoms with Gasteiger partial charge in [-0.1, -0.05) is 54.6 Å². The summed E-state index contributed by atoms with van der Waals surface area (Å²) in [6, 6.07) is 25.3. The number of fused-ring (bicyclic) bond motifs is 1. The summed E-state index contributed by atoms with van der Waals surface area (Å²) in [6.07, 6.45) is 0. The fourth-order valence-corrected chi connectivity index (χ4v) is 4.24. The van der Waals surface area contributed by atoms with Crippen molar-refractivity contribution in [3.05, 3.63) is 130 Å². The fourth-order valence-electron chi connectivity index (χ4n) is 4.24. The van der Waals surface area contributed by atoms with E-state index in [1.165, 1.54) is 24.3 Å². The van der Waals surface area contributed by atoms with Gasteiger partial charge in [0.05, 0.1) is 16.8 Å². The number of imide groups is 1. The number of carbonyl (C=O) groups excluding carboxylic acids is 4. The molecule has 1 heterocycles. The molecule has 0 saturated heterocycles. The number of rotatable bonds is 5. The lowest BCUT2D eigenvalue weighted by Crippen LogP contribution is -2.29. The second-order valence-corrected chi connectivity index (χ2v) is 8.65. The smallest absolute Gasteiger partial charge is 0.266 e. The van der Waals surface area contributed by atoms with Crippen LogP contribution in [0.4, 0.5) is 11.4 Å². The van der Waals surface area contributed by atoms with Crippen molar-refractivity contribution in [2.45, 2.75) is 13.8 Å². The van der Waals surface area contributed by atoms with Crippen LogP contribution in [0.1, 0.15) is 58.1 Å². The number of anilines is 2. The van der Waals surface area contributed by atoms with Crippen molar-refractivity contribution in [1.29, 1.82) is 0 Å². The Bertz CT molecular complexity index is 1560. The Balaban J connectivity index is 1.43. The molecule has 0 radical (unpaired) electrons. The van der Waals surface area contributed by atoms with Crippen molar-refractivity contribution >= 4 is 34.9 Å². The lowest BCUT2D eigenvalue weighted by atomic mass is 10.0. The number of amides is 3. The van der Waals surface area contributed by atoms with Crippen molar-refractivity contribution in [1.82, 2.24) is 0 Å². The largest absolute Gasteiger partial charge is 0.322 e. The normalized spacial score (nSPS) is 12.4. The van der Waals surface area contributed by atoms with Gasteiger partial charge in [-0.3, -0.25) is 19.2 Å². The van der Waals surface area contributed by atoms with E-state index in [0.29, 0.717) is 22.5 Å². The molecule has 3 amide bonds. The topological polar surface area (TPSA) is 83.6 Å². The molecule has 4 aromatic rings. The van der Waals surface area contributed by atoms with Gasteiger partial charge in [-0.05, 0) is 61.4 Å². The highest BCUT2D eigenvalue weighted by Gasteiger charge is 2.37. The molecule has 6 heteroatoms. The number of ketones is 1. The van der Waals surface area contributed by atoms with Gasteiger partial charge in [0.25, 0.3) is 17.7 Å². The Morgan fingerprint density at radius 3 is 2.14 bits per heavy atom. The van der Waals surface area contributed by atoms with Crippen LogP contribution in [0, 0.1) is 13.8 Å². The van der Waals surface area contributed by atoms with Gasteiger partial charge >= 0.3 is 0 Å². The zero-order valence-corrected chi connectivity index (χ0v) is 19.7. The Kier molecular flexibility index (Phi) is 5.78.